The van der Waals surface area contributed by atoms with Crippen molar-refractivity contribution in [2.45, 2.75) is 44.6 Å². The summed E-state index contributed by atoms with van der Waals surface area (Å²) in [6.45, 7) is 2.58. The van der Waals surface area contributed by atoms with Crippen molar-refractivity contribution in [2.75, 3.05) is 26.2 Å². The van der Waals surface area contributed by atoms with Gasteiger partial charge in [-0.2, -0.15) is 0 Å². The fourth-order valence-corrected chi connectivity index (χ4v) is 3.71. The number of nitrogens with zero attached hydrogens (tertiary/aromatic N) is 2. The van der Waals surface area contributed by atoms with Crippen LogP contribution in [-0.4, -0.2) is 54.0 Å². The van der Waals surface area contributed by atoms with E-state index in [1.54, 1.807) is 0 Å². The monoisotopic (exact) mass is 329 g/mol. The lowest BCUT2D eigenvalue weighted by atomic mass is 10.0. The lowest BCUT2D eigenvalue weighted by Crippen LogP contribution is -2.46. The number of benzene rings is 1. The van der Waals surface area contributed by atoms with E-state index in [0.29, 0.717) is 0 Å². The summed E-state index contributed by atoms with van der Waals surface area (Å²) in [5, 5.41) is 2.83. The van der Waals surface area contributed by atoms with E-state index < -0.39 is 0 Å². The highest BCUT2D eigenvalue weighted by Crippen LogP contribution is 2.22. The summed E-state index contributed by atoms with van der Waals surface area (Å²) in [5.41, 5.74) is 1.31. The SMILES string of the molecule is O=C(CNC(=O)N1CCCC1CCc1ccccc1)N1CCCC1. The van der Waals surface area contributed by atoms with Crippen molar-refractivity contribution in [3.63, 3.8) is 0 Å². The highest BCUT2D eigenvalue weighted by molar-refractivity contribution is 5.84. The molecule has 2 heterocycles. The summed E-state index contributed by atoms with van der Waals surface area (Å²) in [6.07, 6.45) is 6.23. The molecule has 1 aromatic rings. The Morgan fingerprint density at radius 2 is 1.79 bits per heavy atom. The number of hydrogen-bond acceptors (Lipinski definition) is 2. The normalized spacial score (nSPS) is 20.4. The van der Waals surface area contributed by atoms with Crippen molar-refractivity contribution in [2.24, 2.45) is 0 Å². The van der Waals surface area contributed by atoms with Gasteiger partial charge >= 0.3 is 6.03 Å². The smallest absolute Gasteiger partial charge is 0.318 e. The van der Waals surface area contributed by atoms with Crippen LogP contribution in [0, 0.1) is 0 Å². The summed E-state index contributed by atoms with van der Waals surface area (Å²) in [7, 11) is 0. The predicted molar refractivity (Wildman–Crippen MR) is 93.7 cm³/mol. The highest BCUT2D eigenvalue weighted by Gasteiger charge is 2.29. The van der Waals surface area contributed by atoms with Gasteiger partial charge in [-0.15, -0.1) is 0 Å². The number of rotatable bonds is 5. The van der Waals surface area contributed by atoms with Crippen LogP contribution in [0.5, 0.6) is 0 Å². The number of carbonyl (C=O) groups is 2. The quantitative estimate of drug-likeness (QED) is 0.902. The maximum atomic E-state index is 12.4. The second-order valence-electron chi connectivity index (χ2n) is 6.76. The van der Waals surface area contributed by atoms with E-state index >= 15 is 0 Å². The van der Waals surface area contributed by atoms with E-state index in [2.05, 4.69) is 29.6 Å². The topological polar surface area (TPSA) is 52.7 Å². The van der Waals surface area contributed by atoms with Gasteiger partial charge in [0.1, 0.15) is 0 Å². The van der Waals surface area contributed by atoms with Gasteiger partial charge < -0.3 is 15.1 Å². The summed E-state index contributed by atoms with van der Waals surface area (Å²) in [5.74, 6) is 0.0425. The minimum absolute atomic E-state index is 0.0425. The Hall–Kier alpha value is -2.04. The molecule has 2 aliphatic heterocycles. The van der Waals surface area contributed by atoms with Crippen LogP contribution in [0.15, 0.2) is 30.3 Å². The Labute approximate surface area is 144 Å². The Morgan fingerprint density at radius 3 is 2.54 bits per heavy atom. The van der Waals surface area contributed by atoms with E-state index in [4.69, 9.17) is 0 Å². The third-order valence-electron chi connectivity index (χ3n) is 5.10. The van der Waals surface area contributed by atoms with Crippen LogP contribution in [0.1, 0.15) is 37.7 Å². The molecule has 5 heteroatoms. The van der Waals surface area contributed by atoms with Crippen LogP contribution in [0.3, 0.4) is 0 Å². The minimum atomic E-state index is -0.0851. The number of aryl methyl sites for hydroxylation is 1. The average molecular weight is 329 g/mol. The molecule has 0 aromatic heterocycles. The van der Waals surface area contributed by atoms with Gasteiger partial charge in [0.05, 0.1) is 6.54 Å². The van der Waals surface area contributed by atoms with Gasteiger partial charge in [0, 0.05) is 25.7 Å². The number of hydrogen-bond donors (Lipinski definition) is 1. The van der Waals surface area contributed by atoms with Gasteiger partial charge in [-0.1, -0.05) is 30.3 Å². The zero-order valence-electron chi connectivity index (χ0n) is 14.2. The lowest BCUT2D eigenvalue weighted by molar-refractivity contribution is -0.129. The molecule has 5 nitrogen and oxygen atoms in total. The van der Waals surface area contributed by atoms with Gasteiger partial charge in [0.2, 0.25) is 5.91 Å². The van der Waals surface area contributed by atoms with Crippen molar-refractivity contribution >= 4 is 11.9 Å². The number of nitrogens with one attached hydrogen (secondary N) is 1. The van der Waals surface area contributed by atoms with E-state index in [-0.39, 0.29) is 24.5 Å². The molecule has 3 rings (SSSR count). The highest BCUT2D eigenvalue weighted by atomic mass is 16.2. The average Bonchev–Trinajstić information content (AvgIpc) is 3.30. The largest absolute Gasteiger partial charge is 0.341 e. The van der Waals surface area contributed by atoms with Gasteiger partial charge in [0.15, 0.2) is 0 Å². The molecule has 1 N–H and O–H groups in total. The first-order chi connectivity index (χ1) is 11.7. The van der Waals surface area contributed by atoms with Crippen molar-refractivity contribution in [3.05, 3.63) is 35.9 Å². The predicted octanol–water partition coefficient (Wildman–Crippen LogP) is 2.42. The Morgan fingerprint density at radius 1 is 1.04 bits per heavy atom. The third kappa shape index (κ3) is 4.28. The van der Waals surface area contributed by atoms with Crippen LogP contribution in [0.25, 0.3) is 0 Å². The molecular formula is C19H27N3O2. The second kappa shape index (κ2) is 8.18. The molecule has 24 heavy (non-hydrogen) atoms. The zero-order chi connectivity index (χ0) is 16.8. The molecule has 1 aromatic carbocycles. The molecule has 3 amide bonds. The number of likely N-dealkylation sites (tertiary alicyclic amines) is 2. The standard InChI is InChI=1S/C19H27N3O2/c23-18(21-12-4-5-13-21)15-20-19(24)22-14-6-9-17(22)11-10-16-7-2-1-3-8-16/h1-3,7-8,17H,4-6,9-15H2,(H,20,24). The van der Waals surface area contributed by atoms with Crippen LogP contribution < -0.4 is 5.32 Å². The van der Waals surface area contributed by atoms with Gasteiger partial charge in [-0.05, 0) is 44.1 Å². The van der Waals surface area contributed by atoms with Gasteiger partial charge in [0.25, 0.3) is 0 Å². The molecule has 1 atom stereocenters. The molecule has 0 saturated carbocycles. The van der Waals surface area contributed by atoms with Crippen LogP contribution >= 0.6 is 0 Å². The zero-order valence-corrected chi connectivity index (χ0v) is 14.2. The van der Waals surface area contributed by atoms with Crippen molar-refractivity contribution in [1.29, 1.82) is 0 Å². The Balaban J connectivity index is 1.45. The molecular weight excluding hydrogens is 302 g/mol. The van der Waals surface area contributed by atoms with Gasteiger partial charge in [-0.3, -0.25) is 4.79 Å². The molecule has 130 valence electrons. The molecule has 2 aliphatic rings. The number of carbonyl (C=O) groups excluding carboxylic acids is 2. The second-order valence-corrected chi connectivity index (χ2v) is 6.76. The summed E-state index contributed by atoms with van der Waals surface area (Å²) in [6, 6.07) is 10.6. The first-order valence-electron chi connectivity index (χ1n) is 9.10. The van der Waals surface area contributed by atoms with Gasteiger partial charge in [-0.25, -0.2) is 4.79 Å². The fraction of sp³-hybridized carbons (Fsp3) is 0.579. The molecule has 0 radical (unpaired) electrons. The Kier molecular flexibility index (Phi) is 5.72. The Bertz CT molecular complexity index is 555. The van der Waals surface area contributed by atoms with Crippen LogP contribution in [0.4, 0.5) is 4.79 Å². The maximum absolute atomic E-state index is 12.4. The first-order valence-corrected chi connectivity index (χ1v) is 9.10. The van der Waals surface area contributed by atoms with Crippen molar-refractivity contribution in [1.82, 2.24) is 15.1 Å². The minimum Gasteiger partial charge on any atom is -0.341 e. The molecule has 0 bridgehead atoms. The van der Waals surface area contributed by atoms with Crippen molar-refractivity contribution < 1.29 is 9.59 Å². The third-order valence-corrected chi connectivity index (χ3v) is 5.10. The maximum Gasteiger partial charge on any atom is 0.318 e. The molecule has 0 aliphatic carbocycles. The summed E-state index contributed by atoms with van der Waals surface area (Å²) < 4.78 is 0. The molecule has 1 unspecified atom stereocenters. The van der Waals surface area contributed by atoms with E-state index in [1.807, 2.05) is 15.9 Å². The van der Waals surface area contributed by atoms with E-state index in [0.717, 1.165) is 58.2 Å². The van der Waals surface area contributed by atoms with Crippen molar-refractivity contribution in [3.8, 4) is 0 Å². The lowest BCUT2D eigenvalue weighted by Gasteiger charge is -2.25. The van der Waals surface area contributed by atoms with E-state index in [9.17, 15) is 9.59 Å². The van der Waals surface area contributed by atoms with Crippen LogP contribution in [-0.2, 0) is 11.2 Å². The first kappa shape index (κ1) is 16.8. The number of urea groups is 1. The molecule has 2 fully saturated rings. The summed E-state index contributed by atoms with van der Waals surface area (Å²) in [4.78, 5) is 28.2. The molecule has 0 spiro atoms. The number of amides is 3. The van der Waals surface area contributed by atoms with E-state index in [1.165, 1.54) is 5.56 Å². The van der Waals surface area contributed by atoms with Crippen LogP contribution in [0.2, 0.25) is 0 Å². The molecule has 2 saturated heterocycles. The fourth-order valence-electron chi connectivity index (χ4n) is 3.71. The summed E-state index contributed by atoms with van der Waals surface area (Å²) >= 11 is 0.